The smallest absolute Gasteiger partial charge is 0.0556 e. The number of allylic oxidation sites excluding steroid dienone is 2. The van der Waals surface area contributed by atoms with E-state index in [0.29, 0.717) is 6.54 Å². The van der Waals surface area contributed by atoms with Gasteiger partial charge in [0, 0.05) is 13.1 Å². The summed E-state index contributed by atoms with van der Waals surface area (Å²) < 4.78 is 0. The lowest BCUT2D eigenvalue weighted by Gasteiger charge is -2.02. The van der Waals surface area contributed by atoms with Crippen LogP contribution in [0.3, 0.4) is 0 Å². The highest BCUT2D eigenvalue weighted by Gasteiger charge is 1.88. The second kappa shape index (κ2) is 8.50. The number of hydrogen-bond donors (Lipinski definition) is 2. The molecule has 0 atom stereocenters. The standard InChI is InChI=1S/C10H19NO/c1-3-5-6-10(4-2)9-11-7-8-12/h4-6,11-12H,3,7-9H2,1-2H3/b6-5-,10-4+. The molecule has 70 valence electrons. The molecule has 2 nitrogen and oxygen atoms in total. The fourth-order valence-corrected chi connectivity index (χ4v) is 0.838. The van der Waals surface area contributed by atoms with Crippen molar-refractivity contribution in [2.45, 2.75) is 20.3 Å². The molecule has 2 heteroatoms. The van der Waals surface area contributed by atoms with E-state index < -0.39 is 0 Å². The van der Waals surface area contributed by atoms with Gasteiger partial charge in [0.1, 0.15) is 0 Å². The van der Waals surface area contributed by atoms with Crippen LogP contribution < -0.4 is 5.32 Å². The molecule has 0 bridgehead atoms. The monoisotopic (exact) mass is 169 g/mol. The Labute approximate surface area is 75.0 Å². The van der Waals surface area contributed by atoms with Crippen molar-refractivity contribution in [3.05, 3.63) is 23.8 Å². The van der Waals surface area contributed by atoms with Gasteiger partial charge < -0.3 is 10.4 Å². The van der Waals surface area contributed by atoms with Crippen LogP contribution in [0.1, 0.15) is 20.3 Å². The third kappa shape index (κ3) is 6.13. The van der Waals surface area contributed by atoms with Crippen molar-refractivity contribution in [3.63, 3.8) is 0 Å². The van der Waals surface area contributed by atoms with Crippen molar-refractivity contribution < 1.29 is 5.11 Å². The maximum absolute atomic E-state index is 8.53. The first kappa shape index (κ1) is 11.4. The molecule has 0 saturated carbocycles. The van der Waals surface area contributed by atoms with Gasteiger partial charge in [0.25, 0.3) is 0 Å². The summed E-state index contributed by atoms with van der Waals surface area (Å²) in [6, 6.07) is 0. The van der Waals surface area contributed by atoms with Crippen molar-refractivity contribution in [1.82, 2.24) is 5.32 Å². The minimum Gasteiger partial charge on any atom is -0.395 e. The van der Waals surface area contributed by atoms with Crippen LogP contribution in [0.2, 0.25) is 0 Å². The largest absolute Gasteiger partial charge is 0.395 e. The van der Waals surface area contributed by atoms with E-state index >= 15 is 0 Å². The van der Waals surface area contributed by atoms with Crippen LogP contribution in [0.25, 0.3) is 0 Å². The van der Waals surface area contributed by atoms with E-state index in [-0.39, 0.29) is 6.61 Å². The Balaban J connectivity index is 3.62. The number of aliphatic hydroxyl groups excluding tert-OH is 1. The molecule has 0 aromatic carbocycles. The summed E-state index contributed by atoms with van der Waals surface area (Å²) in [4.78, 5) is 0. The Morgan fingerprint density at radius 3 is 2.75 bits per heavy atom. The topological polar surface area (TPSA) is 32.3 Å². The van der Waals surface area contributed by atoms with Crippen LogP contribution in [0.5, 0.6) is 0 Å². The van der Waals surface area contributed by atoms with Crippen molar-refractivity contribution in [2.24, 2.45) is 0 Å². The molecule has 0 amide bonds. The minimum atomic E-state index is 0.203. The van der Waals surface area contributed by atoms with E-state index in [2.05, 4.69) is 30.5 Å². The second-order valence-corrected chi connectivity index (χ2v) is 2.57. The first-order valence-electron chi connectivity index (χ1n) is 4.48. The average molecular weight is 169 g/mol. The second-order valence-electron chi connectivity index (χ2n) is 2.57. The lowest BCUT2D eigenvalue weighted by molar-refractivity contribution is 0.294. The van der Waals surface area contributed by atoms with Gasteiger partial charge in [-0.05, 0) is 18.9 Å². The van der Waals surface area contributed by atoms with Crippen LogP contribution in [0.4, 0.5) is 0 Å². The molecule has 0 saturated heterocycles. The van der Waals surface area contributed by atoms with Gasteiger partial charge in [-0.1, -0.05) is 25.2 Å². The predicted octanol–water partition coefficient (Wildman–Crippen LogP) is 1.48. The fraction of sp³-hybridized carbons (Fsp3) is 0.600. The zero-order valence-electron chi connectivity index (χ0n) is 8.01. The molecule has 0 spiro atoms. The zero-order chi connectivity index (χ0) is 9.23. The first-order chi connectivity index (χ1) is 5.85. The fourth-order valence-electron chi connectivity index (χ4n) is 0.838. The summed E-state index contributed by atoms with van der Waals surface area (Å²) in [5.74, 6) is 0. The van der Waals surface area contributed by atoms with E-state index in [1.54, 1.807) is 0 Å². The summed E-state index contributed by atoms with van der Waals surface area (Å²) in [7, 11) is 0. The summed E-state index contributed by atoms with van der Waals surface area (Å²) in [6.45, 7) is 5.85. The van der Waals surface area contributed by atoms with Crippen LogP contribution in [-0.4, -0.2) is 24.8 Å². The lowest BCUT2D eigenvalue weighted by Crippen LogP contribution is -2.20. The molecule has 0 aliphatic heterocycles. The summed E-state index contributed by atoms with van der Waals surface area (Å²) in [5, 5.41) is 11.7. The molecule has 0 aromatic heterocycles. The van der Waals surface area contributed by atoms with Gasteiger partial charge in [-0.15, -0.1) is 0 Å². The van der Waals surface area contributed by atoms with Crippen molar-refractivity contribution in [3.8, 4) is 0 Å². The third-order valence-electron chi connectivity index (χ3n) is 1.56. The van der Waals surface area contributed by atoms with Gasteiger partial charge >= 0.3 is 0 Å². The number of nitrogens with one attached hydrogen (secondary N) is 1. The van der Waals surface area contributed by atoms with Crippen LogP contribution in [-0.2, 0) is 0 Å². The summed E-state index contributed by atoms with van der Waals surface area (Å²) >= 11 is 0. The van der Waals surface area contributed by atoms with E-state index in [1.165, 1.54) is 5.57 Å². The minimum absolute atomic E-state index is 0.203. The first-order valence-corrected chi connectivity index (χ1v) is 4.48. The van der Waals surface area contributed by atoms with Gasteiger partial charge in [0.15, 0.2) is 0 Å². The maximum Gasteiger partial charge on any atom is 0.0556 e. The van der Waals surface area contributed by atoms with E-state index in [4.69, 9.17) is 5.11 Å². The Morgan fingerprint density at radius 2 is 2.25 bits per heavy atom. The molecule has 0 rings (SSSR count). The maximum atomic E-state index is 8.53. The highest BCUT2D eigenvalue weighted by atomic mass is 16.3. The SMILES string of the molecule is C/C=C(\C=C/CC)CNCCO. The van der Waals surface area contributed by atoms with Gasteiger partial charge in [-0.25, -0.2) is 0 Å². The third-order valence-corrected chi connectivity index (χ3v) is 1.56. The molecule has 0 aromatic rings. The van der Waals surface area contributed by atoms with Gasteiger partial charge in [0.2, 0.25) is 0 Å². The van der Waals surface area contributed by atoms with Crippen LogP contribution >= 0.6 is 0 Å². The van der Waals surface area contributed by atoms with E-state index in [9.17, 15) is 0 Å². The van der Waals surface area contributed by atoms with Gasteiger partial charge in [0.05, 0.1) is 6.61 Å². The highest BCUT2D eigenvalue weighted by Crippen LogP contribution is 1.95. The predicted molar refractivity (Wildman–Crippen MR) is 53.1 cm³/mol. The lowest BCUT2D eigenvalue weighted by atomic mass is 10.2. The highest BCUT2D eigenvalue weighted by molar-refractivity contribution is 5.19. The van der Waals surface area contributed by atoms with Crippen LogP contribution in [0, 0.1) is 0 Å². The summed E-state index contributed by atoms with van der Waals surface area (Å²) in [5.41, 5.74) is 1.27. The Hall–Kier alpha value is -0.600. The van der Waals surface area contributed by atoms with Crippen LogP contribution in [0.15, 0.2) is 23.8 Å². The quantitative estimate of drug-likeness (QED) is 0.466. The Kier molecular flexibility index (Phi) is 8.07. The van der Waals surface area contributed by atoms with E-state index in [1.807, 2.05) is 6.92 Å². The molecule has 0 radical (unpaired) electrons. The molecule has 0 unspecified atom stereocenters. The normalized spacial score (nSPS) is 12.8. The van der Waals surface area contributed by atoms with E-state index in [0.717, 1.165) is 13.0 Å². The van der Waals surface area contributed by atoms with Crippen molar-refractivity contribution in [2.75, 3.05) is 19.7 Å². The van der Waals surface area contributed by atoms with Gasteiger partial charge in [-0.2, -0.15) is 0 Å². The molecule has 0 fully saturated rings. The molecule has 0 heterocycles. The molecule has 12 heavy (non-hydrogen) atoms. The molecule has 0 aliphatic carbocycles. The zero-order valence-corrected chi connectivity index (χ0v) is 8.01. The van der Waals surface area contributed by atoms with Gasteiger partial charge in [-0.3, -0.25) is 0 Å². The number of rotatable bonds is 6. The van der Waals surface area contributed by atoms with Crippen molar-refractivity contribution in [1.29, 1.82) is 0 Å². The molecule has 2 N–H and O–H groups in total. The Morgan fingerprint density at radius 1 is 1.50 bits per heavy atom. The molecular formula is C10H19NO. The number of hydrogen-bond acceptors (Lipinski definition) is 2. The summed E-state index contributed by atoms with van der Waals surface area (Å²) in [6.07, 6.45) is 7.40. The number of aliphatic hydroxyl groups is 1. The average Bonchev–Trinajstić information content (AvgIpc) is 2.11. The van der Waals surface area contributed by atoms with Crippen molar-refractivity contribution >= 4 is 0 Å². The molecule has 0 aliphatic rings. The molecular weight excluding hydrogens is 150 g/mol. The Bertz CT molecular complexity index is 150.